The van der Waals surface area contributed by atoms with Gasteiger partial charge in [0.2, 0.25) is 0 Å². The van der Waals surface area contributed by atoms with Crippen LogP contribution in [0.2, 0.25) is 0 Å². The highest BCUT2D eigenvalue weighted by Crippen LogP contribution is 2.38. The van der Waals surface area contributed by atoms with Crippen molar-refractivity contribution in [2.75, 3.05) is 0 Å². The third kappa shape index (κ3) is 3.34. The summed E-state index contributed by atoms with van der Waals surface area (Å²) in [6.07, 6.45) is 0. The molecule has 0 atom stereocenters. The molecule has 0 radical (unpaired) electrons. The second-order valence-electron chi connectivity index (χ2n) is 8.99. The molecule has 2 saturated heterocycles. The van der Waals surface area contributed by atoms with Crippen molar-refractivity contribution in [1.29, 1.82) is 0 Å². The minimum atomic E-state index is -0.413. The van der Waals surface area contributed by atoms with E-state index < -0.39 is 14.2 Å². The molecule has 0 bridgehead atoms. The molecule has 0 spiro atoms. The Morgan fingerprint density at radius 2 is 0.880 bits per heavy atom. The molecule has 0 aromatic heterocycles. The van der Waals surface area contributed by atoms with E-state index in [0.29, 0.717) is 0 Å². The van der Waals surface area contributed by atoms with Crippen LogP contribution in [-0.2, 0) is 18.6 Å². The van der Waals surface area contributed by atoms with Crippen molar-refractivity contribution >= 4 is 41.1 Å². The first-order chi connectivity index (χ1) is 11.2. The van der Waals surface area contributed by atoms with Crippen molar-refractivity contribution in [3.05, 3.63) is 22.7 Å². The summed E-state index contributed by atoms with van der Waals surface area (Å²) in [6, 6.07) is 6.10. The summed E-state index contributed by atoms with van der Waals surface area (Å²) in [4.78, 5) is 0. The zero-order valence-electron chi connectivity index (χ0n) is 16.4. The molecule has 2 heterocycles. The van der Waals surface area contributed by atoms with Crippen LogP contribution in [0.5, 0.6) is 0 Å². The molecule has 136 valence electrons. The van der Waals surface area contributed by atoms with Gasteiger partial charge in [-0.25, -0.2) is 0 Å². The van der Waals surface area contributed by atoms with Crippen LogP contribution >= 0.6 is 15.9 Å². The summed E-state index contributed by atoms with van der Waals surface area (Å²) in [5, 5.41) is 0. The quantitative estimate of drug-likeness (QED) is 0.705. The average Bonchev–Trinajstić information content (AvgIpc) is 2.78. The third-order valence-corrected chi connectivity index (χ3v) is 6.45. The van der Waals surface area contributed by atoms with E-state index in [-0.39, 0.29) is 22.4 Å². The summed E-state index contributed by atoms with van der Waals surface area (Å²) < 4.78 is 25.7. The molecule has 2 aliphatic heterocycles. The molecule has 0 N–H and O–H groups in total. The highest BCUT2D eigenvalue weighted by molar-refractivity contribution is 9.10. The SMILES string of the molecule is CC1(C)OB(c2cc(Br)cc(B3OC(C)(C)C(C)(C)O3)c2)OC1(C)C. The molecule has 1 aromatic rings. The summed E-state index contributed by atoms with van der Waals surface area (Å²) >= 11 is 3.60. The van der Waals surface area contributed by atoms with Crippen LogP contribution in [0, 0.1) is 0 Å². The van der Waals surface area contributed by atoms with Crippen LogP contribution in [0.15, 0.2) is 22.7 Å². The Hall–Kier alpha value is -0.330. The summed E-state index contributed by atoms with van der Waals surface area (Å²) in [7, 11) is -0.827. The normalized spacial score (nSPS) is 26.3. The summed E-state index contributed by atoms with van der Waals surface area (Å²) in [5.74, 6) is 0. The molecular weight excluding hydrogens is 382 g/mol. The van der Waals surface area contributed by atoms with E-state index in [1.165, 1.54) is 0 Å². The first-order valence-corrected chi connectivity index (χ1v) is 9.55. The summed E-state index contributed by atoms with van der Waals surface area (Å²) in [6.45, 7) is 16.4. The van der Waals surface area contributed by atoms with Crippen molar-refractivity contribution in [2.45, 2.75) is 77.8 Å². The second-order valence-corrected chi connectivity index (χ2v) is 9.91. The number of rotatable bonds is 2. The zero-order valence-corrected chi connectivity index (χ0v) is 18.0. The van der Waals surface area contributed by atoms with Gasteiger partial charge in [0.15, 0.2) is 0 Å². The number of benzene rings is 1. The third-order valence-electron chi connectivity index (χ3n) is 5.99. The molecule has 25 heavy (non-hydrogen) atoms. The molecule has 2 aliphatic rings. The van der Waals surface area contributed by atoms with Crippen molar-refractivity contribution in [2.24, 2.45) is 0 Å². The Morgan fingerprint density at radius 1 is 0.600 bits per heavy atom. The first-order valence-electron chi connectivity index (χ1n) is 8.76. The van der Waals surface area contributed by atoms with Gasteiger partial charge in [-0.15, -0.1) is 0 Å². The highest BCUT2D eigenvalue weighted by Gasteiger charge is 2.53. The maximum atomic E-state index is 6.18. The minimum absolute atomic E-state index is 0.371. The van der Waals surface area contributed by atoms with Crippen molar-refractivity contribution in [3.63, 3.8) is 0 Å². The predicted octanol–water partition coefficient (Wildman–Crippen LogP) is 3.05. The Balaban J connectivity index is 1.91. The maximum Gasteiger partial charge on any atom is 0.494 e. The molecule has 0 saturated carbocycles. The zero-order chi connectivity index (χ0) is 18.8. The average molecular weight is 409 g/mol. The van der Waals surface area contributed by atoms with E-state index in [9.17, 15) is 0 Å². The van der Waals surface area contributed by atoms with Crippen LogP contribution in [-0.4, -0.2) is 36.6 Å². The van der Waals surface area contributed by atoms with E-state index in [2.05, 4.69) is 77.4 Å². The smallest absolute Gasteiger partial charge is 0.399 e. The second kappa shape index (κ2) is 5.83. The van der Waals surface area contributed by atoms with Gasteiger partial charge < -0.3 is 18.6 Å². The number of halogens is 1. The minimum Gasteiger partial charge on any atom is -0.399 e. The molecule has 1 aromatic carbocycles. The molecule has 3 rings (SSSR count). The first kappa shape index (κ1) is 19.4. The highest BCUT2D eigenvalue weighted by atomic mass is 79.9. The Kier molecular flexibility index (Phi) is 4.53. The summed E-state index contributed by atoms with van der Waals surface area (Å²) in [5.41, 5.74) is 0.430. The lowest BCUT2D eigenvalue weighted by atomic mass is 9.72. The van der Waals surface area contributed by atoms with Crippen LogP contribution in [0.1, 0.15) is 55.4 Å². The van der Waals surface area contributed by atoms with Crippen LogP contribution in [0.3, 0.4) is 0 Å². The molecule has 4 nitrogen and oxygen atoms in total. The van der Waals surface area contributed by atoms with Gasteiger partial charge in [0.05, 0.1) is 22.4 Å². The monoisotopic (exact) mass is 408 g/mol. The molecule has 2 fully saturated rings. The van der Waals surface area contributed by atoms with Gasteiger partial charge in [-0.05, 0) is 78.4 Å². The molecule has 7 heteroatoms. The molecule has 0 amide bonds. The Bertz CT molecular complexity index is 601. The Labute approximate surface area is 160 Å². The standard InChI is InChI=1S/C18H27B2BrO4/c1-15(2)16(3,4)23-19(22-15)12-9-13(11-14(21)10-12)20-24-17(5,6)18(7,8)25-20/h9-11H,1-8H3. The Morgan fingerprint density at radius 3 is 1.16 bits per heavy atom. The van der Waals surface area contributed by atoms with Crippen LogP contribution in [0.25, 0.3) is 0 Å². The van der Waals surface area contributed by atoms with Gasteiger partial charge in [-0.2, -0.15) is 0 Å². The van der Waals surface area contributed by atoms with E-state index in [4.69, 9.17) is 18.6 Å². The largest absolute Gasteiger partial charge is 0.494 e. The van der Waals surface area contributed by atoms with Gasteiger partial charge in [0.1, 0.15) is 0 Å². The molecule has 0 aliphatic carbocycles. The van der Waals surface area contributed by atoms with Crippen molar-refractivity contribution in [3.8, 4) is 0 Å². The fourth-order valence-electron chi connectivity index (χ4n) is 2.87. The van der Waals surface area contributed by atoms with Gasteiger partial charge >= 0.3 is 14.2 Å². The van der Waals surface area contributed by atoms with Gasteiger partial charge in [0, 0.05) is 4.47 Å². The number of hydrogen-bond donors (Lipinski definition) is 0. The molecule has 0 unspecified atom stereocenters. The van der Waals surface area contributed by atoms with Crippen molar-refractivity contribution < 1.29 is 18.6 Å². The lowest BCUT2D eigenvalue weighted by Gasteiger charge is -2.32. The van der Waals surface area contributed by atoms with Crippen LogP contribution in [0.4, 0.5) is 0 Å². The topological polar surface area (TPSA) is 36.9 Å². The maximum absolute atomic E-state index is 6.18. The lowest BCUT2D eigenvalue weighted by Crippen LogP contribution is -2.41. The number of hydrogen-bond acceptors (Lipinski definition) is 4. The van der Waals surface area contributed by atoms with Crippen molar-refractivity contribution in [1.82, 2.24) is 0 Å². The van der Waals surface area contributed by atoms with E-state index in [1.807, 2.05) is 12.1 Å². The van der Waals surface area contributed by atoms with Gasteiger partial charge in [0.25, 0.3) is 0 Å². The van der Waals surface area contributed by atoms with E-state index in [1.54, 1.807) is 0 Å². The van der Waals surface area contributed by atoms with Gasteiger partial charge in [-0.3, -0.25) is 0 Å². The van der Waals surface area contributed by atoms with Crippen LogP contribution < -0.4 is 10.9 Å². The molecular formula is C18H27B2BrO4. The van der Waals surface area contributed by atoms with Gasteiger partial charge in [-0.1, -0.05) is 22.0 Å². The predicted molar refractivity (Wildman–Crippen MR) is 106 cm³/mol. The fourth-order valence-corrected chi connectivity index (χ4v) is 3.40. The lowest BCUT2D eigenvalue weighted by molar-refractivity contribution is 0.00578. The fraction of sp³-hybridized carbons (Fsp3) is 0.667. The van der Waals surface area contributed by atoms with E-state index >= 15 is 0 Å². The van der Waals surface area contributed by atoms with E-state index in [0.717, 1.165) is 15.4 Å².